The van der Waals surface area contributed by atoms with Crippen LogP contribution >= 0.6 is 0 Å². The molecule has 124 valence electrons. The fraction of sp³-hybridized carbons (Fsp3) is 0.350. The third-order valence-corrected chi connectivity index (χ3v) is 5.21. The van der Waals surface area contributed by atoms with Gasteiger partial charge in [-0.25, -0.2) is 9.07 Å². The molecular weight excluding hydrogens is 301 g/mol. The van der Waals surface area contributed by atoms with Gasteiger partial charge in [0, 0.05) is 5.39 Å². The molecule has 0 unspecified atom stereocenters. The molecular formula is C20H22FN3. The molecule has 0 radical (unpaired) electrons. The third kappa shape index (κ3) is 2.61. The van der Waals surface area contributed by atoms with Gasteiger partial charge in [0.2, 0.25) is 0 Å². The lowest BCUT2D eigenvalue weighted by atomic mass is 9.80. The first-order chi connectivity index (χ1) is 11.6. The van der Waals surface area contributed by atoms with E-state index in [1.54, 1.807) is 12.1 Å². The Hall–Kier alpha value is -2.20. The van der Waals surface area contributed by atoms with E-state index < -0.39 is 0 Å². The lowest BCUT2D eigenvalue weighted by Gasteiger charge is -2.31. The van der Waals surface area contributed by atoms with Gasteiger partial charge < -0.3 is 5.32 Å². The van der Waals surface area contributed by atoms with Crippen molar-refractivity contribution in [3.63, 3.8) is 0 Å². The predicted molar refractivity (Wildman–Crippen MR) is 95.2 cm³/mol. The summed E-state index contributed by atoms with van der Waals surface area (Å²) in [5.74, 6) is 1.01. The molecule has 2 atom stereocenters. The highest BCUT2D eigenvalue weighted by molar-refractivity contribution is 5.82. The van der Waals surface area contributed by atoms with E-state index in [1.165, 1.54) is 29.7 Å². The zero-order chi connectivity index (χ0) is 16.7. The first kappa shape index (κ1) is 15.3. The Bertz CT molecular complexity index is 866. The van der Waals surface area contributed by atoms with Gasteiger partial charge in [-0.15, -0.1) is 0 Å². The second-order valence-corrected chi connectivity index (χ2v) is 6.88. The molecule has 3 nitrogen and oxygen atoms in total. The van der Waals surface area contributed by atoms with Gasteiger partial charge in [-0.2, -0.15) is 5.10 Å². The van der Waals surface area contributed by atoms with Gasteiger partial charge in [-0.3, -0.25) is 0 Å². The van der Waals surface area contributed by atoms with Crippen LogP contribution in [-0.2, 0) is 0 Å². The molecule has 3 aromatic rings. The SMILES string of the molecule is Cc1cc2c(cnn2-c2ccc(F)cc2)cc1[C@@H]1CCNC[C@@H]1C. The molecule has 1 fully saturated rings. The van der Waals surface area contributed by atoms with E-state index in [9.17, 15) is 4.39 Å². The van der Waals surface area contributed by atoms with Crippen LogP contribution in [0.5, 0.6) is 0 Å². The lowest BCUT2D eigenvalue weighted by Crippen LogP contribution is -2.34. The maximum Gasteiger partial charge on any atom is 0.123 e. The van der Waals surface area contributed by atoms with Crippen molar-refractivity contribution < 1.29 is 4.39 Å². The monoisotopic (exact) mass is 323 g/mol. The molecule has 24 heavy (non-hydrogen) atoms. The highest BCUT2D eigenvalue weighted by atomic mass is 19.1. The van der Waals surface area contributed by atoms with Crippen LogP contribution in [0.25, 0.3) is 16.6 Å². The van der Waals surface area contributed by atoms with Crippen LogP contribution in [0.15, 0.2) is 42.6 Å². The number of piperidine rings is 1. The van der Waals surface area contributed by atoms with Gasteiger partial charge in [0.15, 0.2) is 0 Å². The Kier molecular flexibility index (Phi) is 3.85. The summed E-state index contributed by atoms with van der Waals surface area (Å²) < 4.78 is 15.1. The molecule has 2 aromatic carbocycles. The molecule has 0 spiro atoms. The average Bonchev–Trinajstić information content (AvgIpc) is 2.98. The predicted octanol–water partition coefficient (Wildman–Crippen LogP) is 4.19. The number of rotatable bonds is 2. The van der Waals surface area contributed by atoms with Crippen LogP contribution in [0.1, 0.15) is 30.4 Å². The lowest BCUT2D eigenvalue weighted by molar-refractivity contribution is 0.349. The van der Waals surface area contributed by atoms with Crippen molar-refractivity contribution in [1.82, 2.24) is 15.1 Å². The molecule has 1 aromatic heterocycles. The van der Waals surface area contributed by atoms with Crippen molar-refractivity contribution in [2.24, 2.45) is 5.92 Å². The van der Waals surface area contributed by atoms with Crippen molar-refractivity contribution in [2.45, 2.75) is 26.2 Å². The normalized spacial score (nSPS) is 21.3. The van der Waals surface area contributed by atoms with E-state index in [1.807, 2.05) is 10.9 Å². The van der Waals surface area contributed by atoms with Crippen LogP contribution < -0.4 is 5.32 Å². The Balaban J connectivity index is 1.79. The number of hydrogen-bond acceptors (Lipinski definition) is 2. The Labute approximate surface area is 141 Å². The summed E-state index contributed by atoms with van der Waals surface area (Å²) >= 11 is 0. The molecule has 0 aliphatic carbocycles. The van der Waals surface area contributed by atoms with Crippen molar-refractivity contribution >= 4 is 10.9 Å². The number of hydrogen-bond donors (Lipinski definition) is 1. The molecule has 4 rings (SSSR count). The Morgan fingerprint density at radius 2 is 2.00 bits per heavy atom. The quantitative estimate of drug-likeness (QED) is 0.766. The molecule has 2 heterocycles. The minimum Gasteiger partial charge on any atom is -0.316 e. The molecule has 1 N–H and O–H groups in total. The van der Waals surface area contributed by atoms with E-state index in [4.69, 9.17) is 0 Å². The summed E-state index contributed by atoms with van der Waals surface area (Å²) in [6.07, 6.45) is 3.09. The highest BCUT2D eigenvalue weighted by Crippen LogP contribution is 2.34. The van der Waals surface area contributed by atoms with Crippen LogP contribution in [0.4, 0.5) is 4.39 Å². The van der Waals surface area contributed by atoms with E-state index in [-0.39, 0.29) is 5.82 Å². The summed E-state index contributed by atoms with van der Waals surface area (Å²) in [5, 5.41) is 9.14. The summed E-state index contributed by atoms with van der Waals surface area (Å²) in [7, 11) is 0. The fourth-order valence-electron chi connectivity index (χ4n) is 3.86. The fourth-order valence-corrected chi connectivity index (χ4v) is 3.86. The van der Waals surface area contributed by atoms with Gasteiger partial charge >= 0.3 is 0 Å². The number of aryl methyl sites for hydroxylation is 1. The molecule has 1 aliphatic heterocycles. The second kappa shape index (κ2) is 6.02. The van der Waals surface area contributed by atoms with Gasteiger partial charge in [0.25, 0.3) is 0 Å². The maximum atomic E-state index is 13.2. The van der Waals surface area contributed by atoms with Crippen molar-refractivity contribution in [3.8, 4) is 5.69 Å². The summed E-state index contributed by atoms with van der Waals surface area (Å²) in [5.41, 5.74) is 4.71. The first-order valence-electron chi connectivity index (χ1n) is 8.58. The van der Waals surface area contributed by atoms with Crippen molar-refractivity contribution in [3.05, 3.63) is 59.5 Å². The van der Waals surface area contributed by atoms with Crippen LogP contribution in [0.3, 0.4) is 0 Å². The number of fused-ring (bicyclic) bond motifs is 1. The third-order valence-electron chi connectivity index (χ3n) is 5.21. The van der Waals surface area contributed by atoms with Gasteiger partial charge in [0.05, 0.1) is 17.4 Å². The second-order valence-electron chi connectivity index (χ2n) is 6.88. The van der Waals surface area contributed by atoms with E-state index >= 15 is 0 Å². The summed E-state index contributed by atoms with van der Waals surface area (Å²) in [4.78, 5) is 0. The zero-order valence-electron chi connectivity index (χ0n) is 14.1. The number of nitrogens with zero attached hydrogens (tertiary/aromatic N) is 2. The van der Waals surface area contributed by atoms with Gasteiger partial charge in [-0.05, 0) is 85.8 Å². The van der Waals surface area contributed by atoms with Crippen molar-refractivity contribution in [1.29, 1.82) is 0 Å². The maximum absolute atomic E-state index is 13.2. The van der Waals surface area contributed by atoms with Crippen LogP contribution in [0, 0.1) is 18.7 Å². The van der Waals surface area contributed by atoms with Gasteiger partial charge in [-0.1, -0.05) is 6.92 Å². The van der Waals surface area contributed by atoms with E-state index in [0.29, 0.717) is 11.8 Å². The number of benzene rings is 2. The van der Waals surface area contributed by atoms with E-state index in [2.05, 4.69) is 36.4 Å². The Morgan fingerprint density at radius 3 is 2.75 bits per heavy atom. The largest absolute Gasteiger partial charge is 0.316 e. The van der Waals surface area contributed by atoms with Crippen LogP contribution in [0.2, 0.25) is 0 Å². The molecule has 0 bridgehead atoms. The molecule has 4 heteroatoms. The number of halogens is 1. The molecule has 0 amide bonds. The minimum absolute atomic E-state index is 0.228. The summed E-state index contributed by atoms with van der Waals surface area (Å²) in [6, 6.07) is 11.0. The average molecular weight is 323 g/mol. The summed E-state index contributed by atoms with van der Waals surface area (Å²) in [6.45, 7) is 6.67. The molecule has 1 aliphatic rings. The smallest absolute Gasteiger partial charge is 0.123 e. The molecule has 0 saturated carbocycles. The number of aromatic nitrogens is 2. The Morgan fingerprint density at radius 1 is 1.21 bits per heavy atom. The minimum atomic E-state index is -0.228. The van der Waals surface area contributed by atoms with Crippen molar-refractivity contribution in [2.75, 3.05) is 13.1 Å². The molecule has 1 saturated heterocycles. The first-order valence-corrected chi connectivity index (χ1v) is 8.58. The highest BCUT2D eigenvalue weighted by Gasteiger charge is 2.24. The number of nitrogens with one attached hydrogen (secondary N) is 1. The van der Waals surface area contributed by atoms with Crippen LogP contribution in [-0.4, -0.2) is 22.9 Å². The topological polar surface area (TPSA) is 29.9 Å². The van der Waals surface area contributed by atoms with E-state index in [0.717, 1.165) is 29.7 Å². The standard InChI is InChI=1S/C20H22FN3/c1-13-9-20-15(10-19(13)18-7-8-22-11-14(18)2)12-23-24(20)17-5-3-16(21)4-6-17/h3-6,9-10,12,14,18,22H,7-8,11H2,1-2H3/t14-,18+/m0/s1. The zero-order valence-corrected chi connectivity index (χ0v) is 14.1. The van der Waals surface area contributed by atoms with Gasteiger partial charge in [0.1, 0.15) is 5.82 Å².